The minimum atomic E-state index is -4.84. The Morgan fingerprint density at radius 1 is 1.26 bits per heavy atom. The Morgan fingerprint density at radius 3 is 2.56 bits per heavy atom. The number of amides is 1. The number of benzene rings is 1. The average molecular weight is 567 g/mol. The number of anilines is 2. The summed E-state index contributed by atoms with van der Waals surface area (Å²) in [6.07, 6.45) is -3.14. The molecule has 1 unspecified atom stereocenters. The summed E-state index contributed by atoms with van der Waals surface area (Å²) >= 11 is 0. The number of carboxylic acid groups (broad SMARTS) is 1. The molecule has 39 heavy (non-hydrogen) atoms. The van der Waals surface area contributed by atoms with Gasteiger partial charge in [0.05, 0.1) is 5.56 Å². The Kier molecular flexibility index (Phi) is 7.40. The van der Waals surface area contributed by atoms with Crippen LogP contribution in [-0.4, -0.2) is 73.0 Å². The van der Waals surface area contributed by atoms with E-state index in [-0.39, 0.29) is 34.6 Å². The summed E-state index contributed by atoms with van der Waals surface area (Å²) in [7, 11) is -0.747. The molecule has 2 aromatic heterocycles. The van der Waals surface area contributed by atoms with Crippen molar-refractivity contribution in [3.05, 3.63) is 53.9 Å². The highest BCUT2D eigenvalue weighted by Crippen LogP contribution is 2.37. The predicted octanol–water partition coefficient (Wildman–Crippen LogP) is 1.87. The second kappa shape index (κ2) is 10.3. The molecule has 4 rings (SSSR count). The van der Waals surface area contributed by atoms with Crippen molar-refractivity contribution in [2.75, 3.05) is 31.3 Å². The van der Waals surface area contributed by atoms with Gasteiger partial charge in [-0.05, 0) is 41.6 Å². The van der Waals surface area contributed by atoms with Crippen molar-refractivity contribution < 1.29 is 36.3 Å². The van der Waals surface area contributed by atoms with Crippen LogP contribution in [0.3, 0.4) is 0 Å². The van der Waals surface area contributed by atoms with Gasteiger partial charge in [0.1, 0.15) is 28.6 Å². The van der Waals surface area contributed by atoms with Crippen molar-refractivity contribution >= 4 is 44.3 Å². The number of sulfonamides is 1. The number of aromatic nitrogens is 2. The molecule has 1 saturated heterocycles. The molecule has 1 aromatic carbocycles. The van der Waals surface area contributed by atoms with E-state index in [2.05, 4.69) is 14.7 Å². The highest BCUT2D eigenvalue weighted by Gasteiger charge is 2.42. The summed E-state index contributed by atoms with van der Waals surface area (Å²) < 4.78 is 69.7. The minimum absolute atomic E-state index is 0.0558. The third kappa shape index (κ3) is 5.73. The average Bonchev–Trinajstić information content (AvgIpc) is 3.20. The van der Waals surface area contributed by atoms with Gasteiger partial charge in [0.2, 0.25) is 15.9 Å². The molecule has 3 aromatic rings. The molecule has 4 N–H and O–H groups in total. The maximum absolute atomic E-state index is 13.9. The Bertz CT molecular complexity index is 1530. The van der Waals surface area contributed by atoms with Gasteiger partial charge in [0, 0.05) is 44.8 Å². The summed E-state index contributed by atoms with van der Waals surface area (Å²) in [5.41, 5.74) is 4.28. The fourth-order valence-corrected chi connectivity index (χ4v) is 5.60. The van der Waals surface area contributed by atoms with Crippen LogP contribution in [0.4, 0.5) is 24.8 Å². The van der Waals surface area contributed by atoms with E-state index >= 15 is 0 Å². The van der Waals surface area contributed by atoms with Crippen molar-refractivity contribution in [1.82, 2.24) is 19.6 Å². The van der Waals surface area contributed by atoms with E-state index in [1.54, 1.807) is 19.0 Å². The summed E-state index contributed by atoms with van der Waals surface area (Å²) in [6, 6.07) is 3.24. The quantitative estimate of drug-likeness (QED) is 0.370. The number of nitrogen functional groups attached to an aromatic ring is 1. The molecule has 208 valence electrons. The van der Waals surface area contributed by atoms with Gasteiger partial charge < -0.3 is 20.6 Å². The summed E-state index contributed by atoms with van der Waals surface area (Å²) in [4.78, 5) is 35.4. The van der Waals surface area contributed by atoms with Crippen molar-refractivity contribution in [3.8, 4) is 0 Å². The van der Waals surface area contributed by atoms with E-state index in [0.717, 1.165) is 17.2 Å². The number of halogens is 3. The molecule has 3 heterocycles. The van der Waals surface area contributed by atoms with Gasteiger partial charge >= 0.3 is 12.1 Å². The maximum Gasteiger partial charge on any atom is 0.416 e. The Labute approximate surface area is 221 Å². The van der Waals surface area contributed by atoms with Gasteiger partial charge in [0.15, 0.2) is 0 Å². The van der Waals surface area contributed by atoms with Crippen LogP contribution in [0.5, 0.6) is 0 Å². The second-order valence-corrected chi connectivity index (χ2v) is 10.9. The molecule has 0 bridgehead atoms. The van der Waals surface area contributed by atoms with E-state index in [0.29, 0.717) is 11.2 Å². The van der Waals surface area contributed by atoms with Crippen LogP contribution in [0.25, 0.3) is 10.8 Å². The predicted molar refractivity (Wildman–Crippen MR) is 135 cm³/mol. The maximum atomic E-state index is 13.9. The molecule has 2 atom stereocenters. The zero-order valence-electron chi connectivity index (χ0n) is 20.8. The molecule has 11 nitrogen and oxygen atoms in total. The van der Waals surface area contributed by atoms with Gasteiger partial charge in [-0.15, -0.1) is 0 Å². The fourth-order valence-electron chi connectivity index (χ4n) is 4.43. The van der Waals surface area contributed by atoms with E-state index in [4.69, 9.17) is 5.73 Å². The number of aliphatic carboxylic acids is 1. The van der Waals surface area contributed by atoms with Gasteiger partial charge in [-0.1, -0.05) is 6.07 Å². The van der Waals surface area contributed by atoms with Gasteiger partial charge in [0.25, 0.3) is 0 Å². The smallest absolute Gasteiger partial charge is 0.416 e. The van der Waals surface area contributed by atoms with E-state index in [1.165, 1.54) is 30.5 Å². The van der Waals surface area contributed by atoms with Crippen LogP contribution < -0.4 is 15.4 Å². The van der Waals surface area contributed by atoms with E-state index < -0.39 is 52.1 Å². The summed E-state index contributed by atoms with van der Waals surface area (Å²) in [5, 5.41) is 10.3. The zero-order valence-corrected chi connectivity index (χ0v) is 21.6. The van der Waals surface area contributed by atoms with Crippen LogP contribution in [0.1, 0.15) is 17.5 Å². The largest absolute Gasteiger partial charge is 0.480 e. The number of nitrogens with two attached hydrogens (primary N) is 1. The van der Waals surface area contributed by atoms with Crippen LogP contribution >= 0.6 is 0 Å². The first-order chi connectivity index (χ1) is 18.2. The molecule has 0 saturated carbocycles. The SMILES string of the molecule is CN(C)c1ccc(S(=O)(=O)N[C@H]2CCN(C(Cc3cc4ccnc(N)c4cc3C(F)(F)F)C(=O)O)C2=O)cn1. The highest BCUT2D eigenvalue weighted by molar-refractivity contribution is 7.89. The van der Waals surface area contributed by atoms with Gasteiger partial charge in [-0.25, -0.2) is 23.2 Å². The standard InChI is InChI=1S/C24H25F3N6O5S/c1-32(2)20-4-3-15(12-30-20)39(37,38)31-18-6-8-33(22(18)34)19(23(35)36)10-14-9-13-5-7-29-21(28)16(13)11-17(14)24(25,26)27/h3-5,7,9,11-12,18-19,31H,6,8,10H2,1-2H3,(H2,28,29)(H,35,36)/t18-,19?/m0/s1. The molecular weight excluding hydrogens is 541 g/mol. The lowest BCUT2D eigenvalue weighted by Gasteiger charge is -2.26. The lowest BCUT2D eigenvalue weighted by Crippen LogP contribution is -2.48. The number of carboxylic acids is 1. The Balaban J connectivity index is 1.59. The number of pyridine rings is 2. The van der Waals surface area contributed by atoms with Crippen molar-refractivity contribution in [1.29, 1.82) is 0 Å². The fraction of sp³-hybridized carbons (Fsp3) is 0.333. The lowest BCUT2D eigenvalue weighted by atomic mass is 9.95. The number of fused-ring (bicyclic) bond motifs is 1. The number of alkyl halides is 3. The van der Waals surface area contributed by atoms with Crippen LogP contribution in [-0.2, 0) is 32.2 Å². The number of rotatable bonds is 8. The molecule has 0 spiro atoms. The second-order valence-electron chi connectivity index (χ2n) is 9.22. The van der Waals surface area contributed by atoms with Crippen LogP contribution in [0.15, 0.2) is 47.6 Å². The van der Waals surface area contributed by atoms with Crippen LogP contribution in [0, 0.1) is 0 Å². The summed E-state index contributed by atoms with van der Waals surface area (Å²) in [5.74, 6) is -1.99. The molecule has 15 heteroatoms. The third-order valence-electron chi connectivity index (χ3n) is 6.43. The highest BCUT2D eigenvalue weighted by atomic mass is 32.2. The molecule has 0 radical (unpaired) electrons. The monoisotopic (exact) mass is 566 g/mol. The number of carbonyl (C=O) groups excluding carboxylic acids is 1. The Hall–Kier alpha value is -3.98. The summed E-state index contributed by atoms with van der Waals surface area (Å²) in [6.45, 7) is -0.174. The van der Waals surface area contributed by atoms with Crippen molar-refractivity contribution in [2.24, 2.45) is 0 Å². The lowest BCUT2D eigenvalue weighted by molar-refractivity contribution is -0.149. The van der Waals surface area contributed by atoms with Crippen molar-refractivity contribution in [3.63, 3.8) is 0 Å². The third-order valence-corrected chi connectivity index (χ3v) is 7.88. The zero-order chi connectivity index (χ0) is 28.7. The molecule has 0 aliphatic carbocycles. The number of nitrogens with one attached hydrogen (secondary N) is 1. The number of hydrogen-bond donors (Lipinski definition) is 3. The normalized spacial score (nSPS) is 17.0. The first-order valence-corrected chi connectivity index (χ1v) is 13.1. The molecular formula is C24H25F3N6O5S. The topological polar surface area (TPSA) is 159 Å². The van der Waals surface area contributed by atoms with Crippen molar-refractivity contribution in [2.45, 2.75) is 36.0 Å². The van der Waals surface area contributed by atoms with Gasteiger partial charge in [-0.3, -0.25) is 4.79 Å². The molecule has 1 fully saturated rings. The number of nitrogens with zero attached hydrogens (tertiary/aromatic N) is 4. The number of carbonyl (C=O) groups is 2. The van der Waals surface area contributed by atoms with Crippen LogP contribution in [0.2, 0.25) is 0 Å². The Morgan fingerprint density at radius 2 is 1.97 bits per heavy atom. The minimum Gasteiger partial charge on any atom is -0.480 e. The number of likely N-dealkylation sites (tertiary alicyclic amines) is 1. The molecule has 1 aliphatic rings. The van der Waals surface area contributed by atoms with Gasteiger partial charge in [-0.2, -0.15) is 17.9 Å². The first-order valence-electron chi connectivity index (χ1n) is 11.6. The first kappa shape index (κ1) is 28.0. The molecule has 1 aliphatic heterocycles. The molecule has 1 amide bonds. The van der Waals surface area contributed by atoms with E-state index in [9.17, 15) is 36.3 Å². The number of hydrogen-bond acceptors (Lipinski definition) is 8. The van der Waals surface area contributed by atoms with E-state index in [1.807, 2.05) is 0 Å².